The lowest BCUT2D eigenvalue weighted by molar-refractivity contribution is -0.137. The Kier molecular flexibility index (Phi) is 7.73. The number of benzene rings is 4. The zero-order chi connectivity index (χ0) is 28.2. The van der Waals surface area contributed by atoms with Crippen molar-refractivity contribution in [2.24, 2.45) is 5.73 Å². The Hall–Kier alpha value is -5.03. The maximum atomic E-state index is 13.1. The number of aromatic carboxylic acids is 1. The summed E-state index contributed by atoms with van der Waals surface area (Å²) in [6.45, 7) is 0. The first-order valence-corrected chi connectivity index (χ1v) is 13.1. The summed E-state index contributed by atoms with van der Waals surface area (Å²) in [6.07, 6.45) is -0.0472. The largest absolute Gasteiger partial charge is 0.478 e. The van der Waals surface area contributed by atoms with Crippen LogP contribution in [0.15, 0.2) is 95.9 Å². The number of nitrogens with two attached hydrogens (primary N) is 1. The molecular formula is C28H23N3O7S. The van der Waals surface area contributed by atoms with E-state index in [9.17, 15) is 32.7 Å². The van der Waals surface area contributed by atoms with Crippen molar-refractivity contribution in [1.82, 2.24) is 5.32 Å². The number of nitrogens with one attached hydrogen (secondary N) is 2. The van der Waals surface area contributed by atoms with Crippen molar-refractivity contribution in [1.29, 1.82) is 0 Å². The third-order valence-corrected chi connectivity index (χ3v) is 7.25. The van der Waals surface area contributed by atoms with Gasteiger partial charge in [0.25, 0.3) is 21.8 Å². The van der Waals surface area contributed by atoms with Gasteiger partial charge in [0.1, 0.15) is 6.04 Å². The predicted molar refractivity (Wildman–Crippen MR) is 144 cm³/mol. The zero-order valence-corrected chi connectivity index (χ0v) is 21.1. The molecule has 5 N–H and O–H groups in total. The molecule has 0 spiro atoms. The minimum Gasteiger partial charge on any atom is -0.478 e. The number of carboxylic acids is 1. The quantitative estimate of drug-likeness (QED) is 0.222. The van der Waals surface area contributed by atoms with E-state index in [-0.39, 0.29) is 28.1 Å². The Balaban J connectivity index is 1.64. The van der Waals surface area contributed by atoms with Crippen LogP contribution in [-0.4, -0.2) is 43.1 Å². The number of rotatable bonds is 10. The molecule has 0 aliphatic heterocycles. The third-order valence-electron chi connectivity index (χ3n) is 5.87. The van der Waals surface area contributed by atoms with Gasteiger partial charge in [0, 0.05) is 12.0 Å². The van der Waals surface area contributed by atoms with E-state index in [0.29, 0.717) is 10.9 Å². The van der Waals surface area contributed by atoms with Crippen molar-refractivity contribution in [3.8, 4) is 0 Å². The number of sulfonamides is 1. The molecule has 0 aromatic heterocycles. The van der Waals surface area contributed by atoms with Crippen LogP contribution < -0.4 is 15.8 Å². The van der Waals surface area contributed by atoms with Crippen LogP contribution in [0.5, 0.6) is 0 Å². The number of carboxylic acid groups (broad SMARTS) is 1. The number of carbonyl (C=O) groups is 4. The third kappa shape index (κ3) is 6.46. The Labute approximate surface area is 223 Å². The molecule has 0 saturated heterocycles. The molecule has 0 heterocycles. The summed E-state index contributed by atoms with van der Waals surface area (Å²) in [5.41, 5.74) is 4.99. The summed E-state index contributed by atoms with van der Waals surface area (Å²) in [5, 5.41) is 13.5. The number of hydrogen-bond donors (Lipinski definition) is 4. The number of anilines is 1. The molecule has 0 fully saturated rings. The molecule has 4 rings (SSSR count). The highest BCUT2D eigenvalue weighted by molar-refractivity contribution is 7.92. The van der Waals surface area contributed by atoms with Crippen LogP contribution in [0.4, 0.5) is 5.69 Å². The fraction of sp³-hybridized carbons (Fsp3) is 0.0714. The Morgan fingerprint density at radius 1 is 0.795 bits per heavy atom. The number of fused-ring (bicyclic) bond motifs is 1. The highest BCUT2D eigenvalue weighted by Crippen LogP contribution is 2.23. The number of Topliss-reactive ketones (excluding diaryl/α,β-unsaturated/α-hetero) is 1. The van der Waals surface area contributed by atoms with Crippen molar-refractivity contribution in [2.75, 3.05) is 4.72 Å². The van der Waals surface area contributed by atoms with E-state index in [1.807, 2.05) is 12.1 Å². The van der Waals surface area contributed by atoms with Gasteiger partial charge in [0.05, 0.1) is 16.1 Å². The standard InChI is InChI=1S/C28H23N3O7S/c29-26(33)25(32)24(12-17-6-2-1-3-7-17)30-27(34)20-13-21(28(35)36)15-22(14-20)31-39(37,38)23-11-10-18-8-4-5-9-19(18)16-23/h1-11,13-16,24,31H,12H2,(H2,29,33)(H,30,34)(H,35,36). The smallest absolute Gasteiger partial charge is 0.335 e. The molecule has 1 atom stereocenters. The Morgan fingerprint density at radius 2 is 1.44 bits per heavy atom. The van der Waals surface area contributed by atoms with E-state index >= 15 is 0 Å². The minimum atomic E-state index is -4.17. The second kappa shape index (κ2) is 11.2. The summed E-state index contributed by atoms with van der Waals surface area (Å²) in [5.74, 6) is -4.61. The summed E-state index contributed by atoms with van der Waals surface area (Å²) < 4.78 is 28.5. The lowest BCUT2D eigenvalue weighted by atomic mass is 10.0. The fourth-order valence-electron chi connectivity index (χ4n) is 3.96. The normalized spacial score (nSPS) is 11.9. The average molecular weight is 546 g/mol. The average Bonchev–Trinajstić information content (AvgIpc) is 2.92. The maximum absolute atomic E-state index is 13.1. The fourth-order valence-corrected chi connectivity index (χ4v) is 5.04. The van der Waals surface area contributed by atoms with Gasteiger partial charge >= 0.3 is 5.97 Å². The first-order chi connectivity index (χ1) is 18.5. The number of amides is 2. The van der Waals surface area contributed by atoms with E-state index in [1.54, 1.807) is 48.5 Å². The Bertz CT molecular complexity index is 1700. The van der Waals surface area contributed by atoms with E-state index in [0.717, 1.165) is 23.6 Å². The zero-order valence-electron chi connectivity index (χ0n) is 20.3. The van der Waals surface area contributed by atoms with Crippen LogP contribution in [0.2, 0.25) is 0 Å². The highest BCUT2D eigenvalue weighted by Gasteiger charge is 2.27. The van der Waals surface area contributed by atoms with Gasteiger partial charge in [-0.3, -0.25) is 19.1 Å². The molecule has 2 amide bonds. The molecule has 198 valence electrons. The van der Waals surface area contributed by atoms with Crippen molar-refractivity contribution in [3.05, 3.63) is 108 Å². The molecule has 0 radical (unpaired) electrons. The van der Waals surface area contributed by atoms with E-state index in [2.05, 4.69) is 10.0 Å². The molecule has 0 aliphatic rings. The monoisotopic (exact) mass is 545 g/mol. The van der Waals surface area contributed by atoms with Crippen molar-refractivity contribution >= 4 is 50.1 Å². The molecule has 0 aliphatic carbocycles. The van der Waals surface area contributed by atoms with Gasteiger partial charge in [-0.1, -0.05) is 60.7 Å². The summed E-state index contributed by atoms with van der Waals surface area (Å²) in [7, 11) is -4.17. The second-order valence-corrected chi connectivity index (χ2v) is 10.3. The number of primary amides is 1. The van der Waals surface area contributed by atoms with Gasteiger partial charge < -0.3 is 16.2 Å². The summed E-state index contributed by atoms with van der Waals surface area (Å²) in [4.78, 5) is 48.8. The van der Waals surface area contributed by atoms with Crippen molar-refractivity contribution < 1.29 is 32.7 Å². The second-order valence-electron chi connectivity index (χ2n) is 8.66. The molecule has 0 saturated carbocycles. The van der Waals surface area contributed by atoms with E-state index in [1.165, 1.54) is 12.1 Å². The molecular weight excluding hydrogens is 522 g/mol. The van der Waals surface area contributed by atoms with Crippen LogP contribution >= 0.6 is 0 Å². The van der Waals surface area contributed by atoms with Crippen LogP contribution in [0.25, 0.3) is 10.8 Å². The van der Waals surface area contributed by atoms with Crippen molar-refractivity contribution in [2.45, 2.75) is 17.4 Å². The van der Waals surface area contributed by atoms with Crippen LogP contribution in [0.1, 0.15) is 26.3 Å². The summed E-state index contributed by atoms with van der Waals surface area (Å²) in [6, 6.07) is 22.1. The molecule has 10 nitrogen and oxygen atoms in total. The van der Waals surface area contributed by atoms with Crippen LogP contribution in [0, 0.1) is 0 Å². The van der Waals surface area contributed by atoms with Gasteiger partial charge in [0.15, 0.2) is 0 Å². The molecule has 4 aromatic rings. The van der Waals surface area contributed by atoms with Crippen LogP contribution in [-0.2, 0) is 26.0 Å². The lowest BCUT2D eigenvalue weighted by Gasteiger charge is -2.17. The SMILES string of the molecule is NC(=O)C(=O)C(Cc1ccccc1)NC(=O)c1cc(NS(=O)(=O)c2ccc3ccccc3c2)cc(C(=O)O)c1. The number of carbonyl (C=O) groups excluding carboxylic acids is 3. The van der Waals surface area contributed by atoms with E-state index < -0.39 is 39.6 Å². The molecule has 0 bridgehead atoms. The first kappa shape index (κ1) is 27.0. The van der Waals surface area contributed by atoms with Gasteiger partial charge in [-0.05, 0) is 46.7 Å². The van der Waals surface area contributed by atoms with Crippen LogP contribution in [0.3, 0.4) is 0 Å². The van der Waals surface area contributed by atoms with Gasteiger partial charge in [-0.2, -0.15) is 0 Å². The number of ketones is 1. The van der Waals surface area contributed by atoms with Crippen molar-refractivity contribution in [3.63, 3.8) is 0 Å². The summed E-state index contributed by atoms with van der Waals surface area (Å²) >= 11 is 0. The highest BCUT2D eigenvalue weighted by atomic mass is 32.2. The Morgan fingerprint density at radius 3 is 2.10 bits per heavy atom. The lowest BCUT2D eigenvalue weighted by Crippen LogP contribution is -2.47. The maximum Gasteiger partial charge on any atom is 0.335 e. The molecule has 1 unspecified atom stereocenters. The van der Waals surface area contributed by atoms with E-state index in [4.69, 9.17) is 5.73 Å². The van der Waals surface area contributed by atoms with Gasteiger partial charge in [-0.25, -0.2) is 13.2 Å². The first-order valence-electron chi connectivity index (χ1n) is 11.6. The minimum absolute atomic E-state index is 0.0472. The topological polar surface area (TPSA) is 173 Å². The van der Waals surface area contributed by atoms with Gasteiger partial charge in [0.2, 0.25) is 5.78 Å². The van der Waals surface area contributed by atoms with Gasteiger partial charge in [-0.15, -0.1) is 0 Å². The predicted octanol–water partition coefficient (Wildman–Crippen LogP) is 2.73. The molecule has 11 heteroatoms. The number of hydrogen-bond acceptors (Lipinski definition) is 6. The molecule has 4 aromatic carbocycles. The molecule has 39 heavy (non-hydrogen) atoms.